The van der Waals surface area contributed by atoms with Gasteiger partial charge in [-0.05, 0) is 96.6 Å². The number of nitro groups is 1. The summed E-state index contributed by atoms with van der Waals surface area (Å²) >= 11 is 6.58. The molecule has 0 amide bonds. The maximum atomic E-state index is 13.4. The molecule has 77 heavy (non-hydrogen) atoms. The molecule has 0 spiro atoms. The number of hydrogen-bond acceptors (Lipinski definition) is 9. The first-order chi connectivity index (χ1) is 37.6. The summed E-state index contributed by atoms with van der Waals surface area (Å²) < 4.78 is 23.2. The third kappa shape index (κ3) is 22.9. The van der Waals surface area contributed by atoms with Crippen LogP contribution in [0.5, 0.6) is 23.0 Å². The number of unbranched alkanes of at least 4 members (excludes halogenated alkanes) is 22. The van der Waals surface area contributed by atoms with E-state index in [0.717, 1.165) is 48.8 Å². The molecular weight excluding hydrogens is 986 g/mol. The van der Waals surface area contributed by atoms with Gasteiger partial charge in [0.2, 0.25) is 0 Å². The zero-order chi connectivity index (χ0) is 54.9. The van der Waals surface area contributed by atoms with Crippen molar-refractivity contribution >= 4 is 59.3 Å². The third-order valence-corrected chi connectivity index (χ3v) is 13.9. The minimum atomic E-state index is -0.721. The molecule has 5 aromatic rings. The molecule has 0 saturated carbocycles. The van der Waals surface area contributed by atoms with E-state index in [2.05, 4.69) is 13.8 Å². The highest BCUT2D eigenvalue weighted by atomic mass is 35.5. The van der Waals surface area contributed by atoms with Crippen LogP contribution in [0, 0.1) is 10.1 Å². The summed E-state index contributed by atoms with van der Waals surface area (Å²) in [6.45, 7) is 6.87. The van der Waals surface area contributed by atoms with Crippen molar-refractivity contribution in [1.82, 2.24) is 0 Å². The average Bonchev–Trinajstić information content (AvgIpc) is 3.43. The highest BCUT2D eigenvalue weighted by Gasteiger charge is 2.22. The molecule has 0 aromatic heterocycles. The molecule has 10 nitrogen and oxygen atoms in total. The van der Waals surface area contributed by atoms with Crippen LogP contribution in [0.1, 0.15) is 228 Å². The van der Waals surface area contributed by atoms with Gasteiger partial charge in [0, 0.05) is 6.07 Å². The zero-order valence-corrected chi connectivity index (χ0v) is 46.8. The van der Waals surface area contributed by atoms with Crippen LogP contribution in [0.25, 0.3) is 24.3 Å². The van der Waals surface area contributed by atoms with Crippen molar-refractivity contribution in [2.24, 2.45) is 0 Å². The quantitative estimate of drug-likeness (QED) is 0.00721. The number of benzene rings is 5. The molecule has 5 rings (SSSR count). The Morgan fingerprint density at radius 2 is 0.805 bits per heavy atom. The largest absolute Gasteiger partial charge is 0.492 e. The van der Waals surface area contributed by atoms with Crippen LogP contribution >= 0.6 is 11.6 Å². The van der Waals surface area contributed by atoms with Gasteiger partial charge < -0.3 is 18.9 Å². The zero-order valence-electron chi connectivity index (χ0n) is 46.0. The number of nitro benzene ring substituents is 1. The lowest BCUT2D eigenvalue weighted by Crippen LogP contribution is -2.14. The number of esters is 2. The number of ether oxygens (including phenoxy) is 4. The van der Waals surface area contributed by atoms with Crippen molar-refractivity contribution < 1.29 is 38.3 Å². The Kier molecular flexibility index (Phi) is 28.5. The normalized spacial score (nSPS) is 11.3. The van der Waals surface area contributed by atoms with Crippen LogP contribution in [-0.2, 0) is 0 Å². The number of halogens is 1. The third-order valence-electron chi connectivity index (χ3n) is 13.6. The van der Waals surface area contributed by atoms with Gasteiger partial charge in [-0.15, -0.1) is 0 Å². The second-order valence-electron chi connectivity index (χ2n) is 20.0. The van der Waals surface area contributed by atoms with E-state index in [9.17, 15) is 24.5 Å². The standard InChI is InChI=1S/C66H82ClNO9/c1-4-6-8-10-12-14-16-18-20-22-24-26-47-74-60-45-39-54(49-58(60)67)33-31-52-35-41-56(42-36-52)65(70)76-62-29-28-30-63(64(62)51(3)69)77-66(71)57-43-37-53(38-44-57)32-34-55-40-46-61(59(50-55)68(72)73)75-48-27-25-23-21-19-17-15-13-11-9-7-5-2/h28-46,49-50H,4-27,47-48H2,1-3H3/b33-31+,34-32+. The summed E-state index contributed by atoms with van der Waals surface area (Å²) in [6, 6.07) is 28.5. The Bertz CT molecular complexity index is 2640. The highest BCUT2D eigenvalue weighted by Crippen LogP contribution is 2.32. The van der Waals surface area contributed by atoms with Gasteiger partial charge in [-0.3, -0.25) is 14.9 Å². The summed E-state index contributed by atoms with van der Waals surface area (Å²) in [4.78, 5) is 51.1. The first kappa shape index (κ1) is 61.3. The van der Waals surface area contributed by atoms with E-state index < -0.39 is 22.6 Å². The summed E-state index contributed by atoms with van der Waals surface area (Å²) in [5, 5.41) is 12.5. The smallest absolute Gasteiger partial charge is 0.343 e. The second-order valence-corrected chi connectivity index (χ2v) is 20.4. The van der Waals surface area contributed by atoms with Crippen molar-refractivity contribution in [2.45, 2.75) is 175 Å². The predicted octanol–water partition coefficient (Wildman–Crippen LogP) is 19.4. The fourth-order valence-electron chi connectivity index (χ4n) is 9.08. The van der Waals surface area contributed by atoms with Gasteiger partial charge in [-0.1, -0.05) is 233 Å². The molecule has 0 atom stereocenters. The fraction of sp³-hybridized carbons (Fsp3) is 0.439. The summed E-state index contributed by atoms with van der Waals surface area (Å²) in [6.07, 6.45) is 37.6. The van der Waals surface area contributed by atoms with E-state index >= 15 is 0 Å². The maximum Gasteiger partial charge on any atom is 0.343 e. The molecule has 0 heterocycles. The minimum absolute atomic E-state index is 0.0462. The van der Waals surface area contributed by atoms with Gasteiger partial charge in [-0.2, -0.15) is 0 Å². The van der Waals surface area contributed by atoms with E-state index in [4.69, 9.17) is 30.5 Å². The van der Waals surface area contributed by atoms with Crippen molar-refractivity contribution in [3.05, 3.63) is 157 Å². The van der Waals surface area contributed by atoms with Crippen molar-refractivity contribution in [3.63, 3.8) is 0 Å². The van der Waals surface area contributed by atoms with E-state index in [1.807, 2.05) is 30.4 Å². The number of Topliss-reactive ketones (excluding diaryl/α,β-unsaturated/α-hetero) is 1. The number of hydrogen-bond donors (Lipinski definition) is 0. The molecule has 0 bridgehead atoms. The minimum Gasteiger partial charge on any atom is -0.492 e. The molecule has 0 unspecified atom stereocenters. The molecular formula is C66H82ClNO9. The molecule has 0 N–H and O–H groups in total. The first-order valence-corrected chi connectivity index (χ1v) is 28.9. The maximum absolute atomic E-state index is 13.4. The van der Waals surface area contributed by atoms with E-state index in [1.165, 1.54) is 153 Å². The summed E-state index contributed by atoms with van der Waals surface area (Å²) in [5.74, 6) is -1.06. The average molecular weight is 1070 g/mol. The molecule has 5 aromatic carbocycles. The summed E-state index contributed by atoms with van der Waals surface area (Å²) in [5.41, 5.74) is 3.42. The van der Waals surface area contributed by atoms with E-state index in [-0.39, 0.29) is 39.6 Å². The predicted molar refractivity (Wildman–Crippen MR) is 315 cm³/mol. The SMILES string of the molecule is CCCCCCCCCCCCCCOc1ccc(/C=C/c2ccc(C(=O)Oc3cccc(OC(=O)c4ccc(/C=C/c5ccc(OCCCCCCCCCCCCCC)c([N+](=O)[O-])c5)cc4)c3C(C)=O)cc2)cc1Cl. The van der Waals surface area contributed by atoms with Crippen LogP contribution in [0.4, 0.5) is 5.69 Å². The molecule has 11 heteroatoms. The molecule has 0 fully saturated rings. The van der Waals surface area contributed by atoms with Crippen LogP contribution in [0.3, 0.4) is 0 Å². The summed E-state index contributed by atoms with van der Waals surface area (Å²) in [7, 11) is 0. The van der Waals surface area contributed by atoms with Crippen LogP contribution < -0.4 is 18.9 Å². The van der Waals surface area contributed by atoms with E-state index in [0.29, 0.717) is 29.5 Å². The molecule has 0 aliphatic heterocycles. The van der Waals surface area contributed by atoms with Crippen LogP contribution in [0.2, 0.25) is 5.02 Å². The Morgan fingerprint density at radius 1 is 0.455 bits per heavy atom. The number of rotatable bonds is 38. The second kappa shape index (κ2) is 35.7. The van der Waals surface area contributed by atoms with E-state index in [1.54, 1.807) is 72.8 Å². The number of ketones is 1. The van der Waals surface area contributed by atoms with Crippen LogP contribution in [0.15, 0.2) is 103 Å². The molecule has 0 aliphatic carbocycles. The Labute approximate surface area is 463 Å². The number of carbonyl (C=O) groups is 3. The monoisotopic (exact) mass is 1070 g/mol. The molecule has 0 aliphatic rings. The van der Waals surface area contributed by atoms with Gasteiger partial charge in [0.15, 0.2) is 11.5 Å². The van der Waals surface area contributed by atoms with Gasteiger partial charge in [0.1, 0.15) is 22.8 Å². The molecule has 0 saturated heterocycles. The topological polar surface area (TPSA) is 131 Å². The van der Waals surface area contributed by atoms with Gasteiger partial charge in [0.25, 0.3) is 0 Å². The van der Waals surface area contributed by atoms with Crippen molar-refractivity contribution in [2.75, 3.05) is 13.2 Å². The van der Waals surface area contributed by atoms with Gasteiger partial charge in [-0.25, -0.2) is 9.59 Å². The number of carbonyl (C=O) groups excluding carboxylic acids is 3. The lowest BCUT2D eigenvalue weighted by Gasteiger charge is -2.13. The first-order valence-electron chi connectivity index (χ1n) is 28.5. The van der Waals surface area contributed by atoms with Gasteiger partial charge >= 0.3 is 17.6 Å². The van der Waals surface area contributed by atoms with Crippen molar-refractivity contribution in [1.29, 1.82) is 0 Å². The Balaban J connectivity index is 1.05. The molecule has 412 valence electrons. The highest BCUT2D eigenvalue weighted by molar-refractivity contribution is 6.32. The number of nitrogens with zero attached hydrogens (tertiary/aromatic N) is 1. The molecule has 0 radical (unpaired) electrons. The van der Waals surface area contributed by atoms with Crippen molar-refractivity contribution in [3.8, 4) is 23.0 Å². The lowest BCUT2D eigenvalue weighted by atomic mass is 10.1. The fourth-order valence-corrected chi connectivity index (χ4v) is 9.33. The Morgan fingerprint density at radius 3 is 1.19 bits per heavy atom. The lowest BCUT2D eigenvalue weighted by molar-refractivity contribution is -0.385. The Hall–Kier alpha value is -6.52. The van der Waals surface area contributed by atoms with Crippen LogP contribution in [-0.4, -0.2) is 35.9 Å². The van der Waals surface area contributed by atoms with Gasteiger partial charge in [0.05, 0.1) is 34.3 Å².